The molecule has 1 aliphatic heterocycles. The second-order valence-electron chi connectivity index (χ2n) is 4.56. The second-order valence-corrected chi connectivity index (χ2v) is 5.29. The summed E-state index contributed by atoms with van der Waals surface area (Å²) in [7, 11) is 1.59. The lowest BCUT2D eigenvalue weighted by molar-refractivity contribution is -0.175. The number of rotatable bonds is 4. The SMILES string of the molecule is COCCc1nsc(N2CCCC(C(F)(F)F)C2)n1. The number of aromatic nitrogens is 2. The van der Waals surface area contributed by atoms with Crippen molar-refractivity contribution in [1.82, 2.24) is 9.36 Å². The van der Waals surface area contributed by atoms with Gasteiger partial charge in [0, 0.05) is 38.2 Å². The highest BCUT2D eigenvalue weighted by atomic mass is 32.1. The first kappa shape index (κ1) is 14.5. The van der Waals surface area contributed by atoms with Crippen LogP contribution >= 0.6 is 11.5 Å². The summed E-state index contributed by atoms with van der Waals surface area (Å²) in [5.74, 6) is -0.622. The molecule has 0 N–H and O–H groups in total. The van der Waals surface area contributed by atoms with E-state index in [4.69, 9.17) is 4.74 Å². The van der Waals surface area contributed by atoms with Crippen molar-refractivity contribution >= 4 is 16.7 Å². The summed E-state index contributed by atoms with van der Waals surface area (Å²) in [5.41, 5.74) is 0. The summed E-state index contributed by atoms with van der Waals surface area (Å²) in [6, 6.07) is 0. The Balaban J connectivity index is 1.99. The van der Waals surface area contributed by atoms with Gasteiger partial charge in [0.1, 0.15) is 5.82 Å². The number of methoxy groups -OCH3 is 1. The Morgan fingerprint density at radius 3 is 2.95 bits per heavy atom. The third-order valence-electron chi connectivity index (χ3n) is 3.14. The van der Waals surface area contributed by atoms with Crippen molar-refractivity contribution in [3.8, 4) is 0 Å². The minimum Gasteiger partial charge on any atom is -0.384 e. The van der Waals surface area contributed by atoms with Crippen LogP contribution in [0.25, 0.3) is 0 Å². The van der Waals surface area contributed by atoms with Crippen molar-refractivity contribution < 1.29 is 17.9 Å². The van der Waals surface area contributed by atoms with E-state index < -0.39 is 12.1 Å². The van der Waals surface area contributed by atoms with Gasteiger partial charge < -0.3 is 9.64 Å². The van der Waals surface area contributed by atoms with Crippen LogP contribution in [0, 0.1) is 5.92 Å². The molecule has 0 bridgehead atoms. The van der Waals surface area contributed by atoms with Crippen molar-refractivity contribution in [2.75, 3.05) is 31.7 Å². The smallest absolute Gasteiger partial charge is 0.384 e. The molecule has 1 atom stereocenters. The average Bonchev–Trinajstić information content (AvgIpc) is 2.84. The van der Waals surface area contributed by atoms with E-state index in [2.05, 4.69) is 9.36 Å². The summed E-state index contributed by atoms with van der Waals surface area (Å²) >= 11 is 1.16. The molecule has 1 aromatic rings. The Bertz CT molecular complexity index is 410. The van der Waals surface area contributed by atoms with Crippen LogP contribution in [0.3, 0.4) is 0 Å². The maximum atomic E-state index is 12.7. The summed E-state index contributed by atoms with van der Waals surface area (Å²) in [6.07, 6.45) is -2.79. The van der Waals surface area contributed by atoms with E-state index in [0.29, 0.717) is 36.9 Å². The summed E-state index contributed by atoms with van der Waals surface area (Å²) in [4.78, 5) is 5.96. The molecule has 1 aliphatic rings. The van der Waals surface area contributed by atoms with Crippen LogP contribution in [0.15, 0.2) is 0 Å². The molecule has 0 saturated carbocycles. The highest BCUT2D eigenvalue weighted by Crippen LogP contribution is 2.35. The van der Waals surface area contributed by atoms with Crippen molar-refractivity contribution in [3.63, 3.8) is 0 Å². The van der Waals surface area contributed by atoms with Crippen LogP contribution in [0.1, 0.15) is 18.7 Å². The minimum absolute atomic E-state index is 0.0115. The Hall–Kier alpha value is -0.890. The summed E-state index contributed by atoms with van der Waals surface area (Å²) < 4.78 is 47.2. The van der Waals surface area contributed by atoms with E-state index >= 15 is 0 Å². The molecule has 0 radical (unpaired) electrons. The van der Waals surface area contributed by atoms with E-state index in [0.717, 1.165) is 11.5 Å². The Morgan fingerprint density at radius 2 is 2.26 bits per heavy atom. The maximum absolute atomic E-state index is 12.7. The van der Waals surface area contributed by atoms with Crippen molar-refractivity contribution in [1.29, 1.82) is 0 Å². The lowest BCUT2D eigenvalue weighted by Gasteiger charge is -2.33. The van der Waals surface area contributed by atoms with Crippen molar-refractivity contribution in [3.05, 3.63) is 5.82 Å². The van der Waals surface area contributed by atoms with Gasteiger partial charge >= 0.3 is 6.18 Å². The van der Waals surface area contributed by atoms with Crippen LogP contribution < -0.4 is 4.90 Å². The molecule has 0 aliphatic carbocycles. The number of ether oxygens (including phenoxy) is 1. The van der Waals surface area contributed by atoms with Gasteiger partial charge in [-0.05, 0) is 12.8 Å². The molecule has 0 spiro atoms. The van der Waals surface area contributed by atoms with E-state index in [1.165, 1.54) is 0 Å². The molecule has 4 nitrogen and oxygen atoms in total. The van der Waals surface area contributed by atoms with Crippen molar-refractivity contribution in [2.24, 2.45) is 5.92 Å². The molecule has 2 heterocycles. The molecule has 0 aromatic carbocycles. The molecule has 1 aromatic heterocycles. The number of alkyl halides is 3. The summed E-state index contributed by atoms with van der Waals surface area (Å²) in [5, 5.41) is 0.583. The average molecular weight is 295 g/mol. The van der Waals surface area contributed by atoms with Gasteiger partial charge in [-0.1, -0.05) is 0 Å². The lowest BCUT2D eigenvalue weighted by atomic mass is 9.98. The quantitative estimate of drug-likeness (QED) is 0.855. The van der Waals surface area contributed by atoms with E-state index in [1.807, 2.05) is 0 Å². The van der Waals surface area contributed by atoms with Gasteiger partial charge in [-0.3, -0.25) is 0 Å². The number of anilines is 1. The van der Waals surface area contributed by atoms with Crippen LogP contribution in [-0.2, 0) is 11.2 Å². The highest BCUT2D eigenvalue weighted by Gasteiger charge is 2.42. The number of hydrogen-bond acceptors (Lipinski definition) is 5. The monoisotopic (exact) mass is 295 g/mol. The number of halogens is 3. The molecule has 19 heavy (non-hydrogen) atoms. The molecule has 2 rings (SSSR count). The van der Waals surface area contributed by atoms with E-state index in [-0.39, 0.29) is 13.0 Å². The fourth-order valence-electron chi connectivity index (χ4n) is 2.09. The lowest BCUT2D eigenvalue weighted by Crippen LogP contribution is -2.41. The van der Waals surface area contributed by atoms with Gasteiger partial charge in [-0.15, -0.1) is 0 Å². The van der Waals surface area contributed by atoms with Crippen molar-refractivity contribution in [2.45, 2.75) is 25.4 Å². The zero-order valence-electron chi connectivity index (χ0n) is 10.6. The zero-order chi connectivity index (χ0) is 13.9. The van der Waals surface area contributed by atoms with Crippen LogP contribution in [0.5, 0.6) is 0 Å². The molecule has 108 valence electrons. The molecule has 1 fully saturated rings. The van der Waals surface area contributed by atoms with Crippen LogP contribution in [0.4, 0.5) is 18.3 Å². The van der Waals surface area contributed by atoms with E-state index in [1.54, 1.807) is 12.0 Å². The fourth-order valence-corrected chi connectivity index (χ4v) is 2.83. The highest BCUT2D eigenvalue weighted by molar-refractivity contribution is 7.09. The van der Waals surface area contributed by atoms with Gasteiger partial charge in [-0.2, -0.15) is 17.5 Å². The molecular weight excluding hydrogens is 279 g/mol. The predicted octanol–water partition coefficient (Wildman–Crippen LogP) is 2.51. The molecule has 0 amide bonds. The summed E-state index contributed by atoms with van der Waals surface area (Å²) in [6.45, 7) is 1.12. The van der Waals surface area contributed by atoms with Gasteiger partial charge in [-0.25, -0.2) is 4.98 Å². The maximum Gasteiger partial charge on any atom is 0.393 e. The van der Waals surface area contributed by atoms with Crippen LogP contribution in [0.2, 0.25) is 0 Å². The Morgan fingerprint density at radius 1 is 1.47 bits per heavy atom. The number of piperidine rings is 1. The minimum atomic E-state index is -4.12. The van der Waals surface area contributed by atoms with Gasteiger partial charge in [0.25, 0.3) is 0 Å². The normalized spacial score (nSPS) is 20.8. The first-order valence-electron chi connectivity index (χ1n) is 6.14. The molecular formula is C11H16F3N3OS. The van der Waals surface area contributed by atoms with E-state index in [9.17, 15) is 13.2 Å². The first-order valence-corrected chi connectivity index (χ1v) is 6.91. The van der Waals surface area contributed by atoms with Gasteiger partial charge in [0.15, 0.2) is 0 Å². The Kier molecular flexibility index (Phi) is 4.62. The van der Waals surface area contributed by atoms with Crippen LogP contribution in [-0.4, -0.2) is 42.3 Å². The standard InChI is InChI=1S/C11H16F3N3OS/c1-18-6-4-9-15-10(19-16-9)17-5-2-3-8(7-17)11(12,13)14/h8H,2-7H2,1H3. The first-order chi connectivity index (χ1) is 9.00. The van der Waals surface area contributed by atoms with Gasteiger partial charge in [0.2, 0.25) is 5.13 Å². The fraction of sp³-hybridized carbons (Fsp3) is 0.818. The topological polar surface area (TPSA) is 38.2 Å². The van der Waals surface area contributed by atoms with Gasteiger partial charge in [0.05, 0.1) is 12.5 Å². The molecule has 8 heteroatoms. The predicted molar refractivity (Wildman–Crippen MR) is 66.5 cm³/mol. The largest absolute Gasteiger partial charge is 0.393 e. The molecule has 1 saturated heterocycles. The second kappa shape index (κ2) is 6.04. The Labute approximate surface area is 113 Å². The third kappa shape index (κ3) is 3.79. The molecule has 1 unspecified atom stereocenters. The third-order valence-corrected chi connectivity index (χ3v) is 3.96. The number of hydrogen-bond donors (Lipinski definition) is 0. The number of nitrogens with zero attached hydrogens (tertiary/aromatic N) is 3. The zero-order valence-corrected chi connectivity index (χ0v) is 11.4.